The summed E-state index contributed by atoms with van der Waals surface area (Å²) in [7, 11) is 0. The van der Waals surface area contributed by atoms with E-state index in [0.717, 1.165) is 50.3 Å². The van der Waals surface area contributed by atoms with Crippen LogP contribution < -0.4 is 0 Å². The summed E-state index contributed by atoms with van der Waals surface area (Å²) in [6.07, 6.45) is 2.38. The molecule has 1 saturated carbocycles. The van der Waals surface area contributed by atoms with Gasteiger partial charge in [0.15, 0.2) is 11.3 Å². The van der Waals surface area contributed by atoms with Crippen LogP contribution in [0.4, 0.5) is 0 Å². The molecule has 0 unspecified atom stereocenters. The summed E-state index contributed by atoms with van der Waals surface area (Å²) >= 11 is 1.62. The van der Waals surface area contributed by atoms with Crippen molar-refractivity contribution in [2.45, 2.75) is 50.7 Å². The topological polar surface area (TPSA) is 101 Å². The number of nitrogens with zero attached hydrogens (tertiary/aromatic N) is 5. The minimum Gasteiger partial charge on any atom is -0.390 e. The summed E-state index contributed by atoms with van der Waals surface area (Å²) in [5.74, 6) is -0.386. The SMILES string of the molecule is CC(C)c1cc2ncc3cc(-c4ccsc4)c(-c4ccc(C5(N6C(=O)c7ccccc7C6=O)CC(C)(O)C5)cc4)nc3n2n1. The molecule has 5 heterocycles. The van der Waals surface area contributed by atoms with Gasteiger partial charge >= 0.3 is 0 Å². The number of aromatic nitrogens is 4. The normalized spacial score (nSPS) is 21.4. The Bertz CT molecular complexity index is 2090. The van der Waals surface area contributed by atoms with Crippen molar-refractivity contribution in [2.24, 2.45) is 0 Å². The lowest BCUT2D eigenvalue weighted by molar-refractivity contribution is -0.118. The van der Waals surface area contributed by atoms with E-state index in [4.69, 9.17) is 10.1 Å². The van der Waals surface area contributed by atoms with Crippen molar-refractivity contribution in [3.63, 3.8) is 0 Å². The molecule has 9 heteroatoms. The molecule has 1 aliphatic carbocycles. The number of fused-ring (bicyclic) bond motifs is 4. The zero-order valence-corrected chi connectivity index (χ0v) is 25.3. The van der Waals surface area contributed by atoms with E-state index in [2.05, 4.69) is 36.3 Å². The molecule has 44 heavy (non-hydrogen) atoms. The molecule has 8 nitrogen and oxygen atoms in total. The first-order chi connectivity index (χ1) is 21.1. The number of imide groups is 1. The summed E-state index contributed by atoms with van der Waals surface area (Å²) < 4.78 is 1.81. The molecule has 2 aromatic carbocycles. The third-order valence-electron chi connectivity index (χ3n) is 8.96. The highest BCUT2D eigenvalue weighted by Crippen LogP contribution is 2.54. The third-order valence-corrected chi connectivity index (χ3v) is 9.65. The number of hydrogen-bond donors (Lipinski definition) is 1. The van der Waals surface area contributed by atoms with E-state index in [-0.39, 0.29) is 30.6 Å². The van der Waals surface area contributed by atoms with Gasteiger partial charge in [0.2, 0.25) is 0 Å². The van der Waals surface area contributed by atoms with Gasteiger partial charge in [0.05, 0.1) is 33.7 Å². The standard InChI is InChI=1S/C35H29N5O3S/c1-20(2)28-15-29-36-16-23-14-27(22-12-13-44-17-22)30(37-31(23)40(29)38-28)21-8-10-24(11-9-21)35(18-34(3,43)19-35)39-32(41)25-6-4-5-7-26(25)33(39)42/h4-17,20,43H,18-19H2,1-3H3. The maximum atomic E-state index is 13.6. The fourth-order valence-electron chi connectivity index (χ4n) is 6.91. The monoisotopic (exact) mass is 599 g/mol. The van der Waals surface area contributed by atoms with Crippen LogP contribution in [0.3, 0.4) is 0 Å². The van der Waals surface area contributed by atoms with Gasteiger partial charge in [-0.2, -0.15) is 21.0 Å². The number of amides is 2. The number of thiophene rings is 1. The van der Waals surface area contributed by atoms with Gasteiger partial charge in [-0.15, -0.1) is 0 Å². The smallest absolute Gasteiger partial charge is 0.262 e. The molecule has 1 fully saturated rings. The van der Waals surface area contributed by atoms with E-state index in [1.54, 1.807) is 42.5 Å². The van der Waals surface area contributed by atoms with E-state index in [1.807, 2.05) is 46.4 Å². The third kappa shape index (κ3) is 3.89. The molecular weight excluding hydrogens is 570 g/mol. The van der Waals surface area contributed by atoms with Crippen molar-refractivity contribution >= 4 is 39.8 Å². The molecular formula is C35H29N5O3S. The van der Waals surface area contributed by atoms with E-state index in [9.17, 15) is 14.7 Å². The van der Waals surface area contributed by atoms with Crippen molar-refractivity contribution in [2.75, 3.05) is 0 Å². The molecule has 0 atom stereocenters. The molecule has 1 N–H and O–H groups in total. The molecule has 4 aromatic heterocycles. The lowest BCUT2D eigenvalue weighted by Gasteiger charge is -2.55. The minimum absolute atomic E-state index is 0.255. The van der Waals surface area contributed by atoms with Gasteiger partial charge in [0.1, 0.15) is 0 Å². The van der Waals surface area contributed by atoms with Crippen LogP contribution in [0.15, 0.2) is 83.7 Å². The van der Waals surface area contributed by atoms with Crippen LogP contribution in [-0.2, 0) is 5.54 Å². The highest BCUT2D eigenvalue weighted by Gasteiger charge is 2.60. The van der Waals surface area contributed by atoms with Crippen molar-refractivity contribution in [3.8, 4) is 22.4 Å². The summed E-state index contributed by atoms with van der Waals surface area (Å²) in [5, 5.41) is 20.7. The molecule has 0 saturated heterocycles. The summed E-state index contributed by atoms with van der Waals surface area (Å²) in [6, 6.07) is 21.0. The van der Waals surface area contributed by atoms with Crippen LogP contribution in [0.25, 0.3) is 39.1 Å². The molecule has 6 aromatic rings. The largest absolute Gasteiger partial charge is 0.390 e. The van der Waals surface area contributed by atoms with Crippen molar-refractivity contribution in [3.05, 3.63) is 106 Å². The fraction of sp³-hybridized carbons (Fsp3) is 0.229. The number of aliphatic hydroxyl groups is 1. The second-order valence-electron chi connectivity index (χ2n) is 12.5. The number of rotatable bonds is 5. The van der Waals surface area contributed by atoms with E-state index in [1.165, 1.54) is 4.90 Å². The predicted octanol–water partition coefficient (Wildman–Crippen LogP) is 6.83. The predicted molar refractivity (Wildman–Crippen MR) is 170 cm³/mol. The quantitative estimate of drug-likeness (QED) is 0.218. The van der Waals surface area contributed by atoms with Crippen LogP contribution in [0.5, 0.6) is 0 Å². The molecule has 0 bridgehead atoms. The van der Waals surface area contributed by atoms with E-state index >= 15 is 0 Å². The van der Waals surface area contributed by atoms with Crippen LogP contribution in [0.1, 0.15) is 71.5 Å². The number of hydrogen-bond acceptors (Lipinski definition) is 7. The van der Waals surface area contributed by atoms with Gasteiger partial charge in [0, 0.05) is 41.6 Å². The zero-order valence-electron chi connectivity index (χ0n) is 24.5. The summed E-state index contributed by atoms with van der Waals surface area (Å²) in [5.41, 5.74) is 5.83. The van der Waals surface area contributed by atoms with Gasteiger partial charge in [-0.25, -0.2) is 9.97 Å². The Balaban J connectivity index is 1.26. The minimum atomic E-state index is -0.988. The van der Waals surface area contributed by atoms with E-state index < -0.39 is 11.1 Å². The Labute approximate surface area is 257 Å². The lowest BCUT2D eigenvalue weighted by Crippen LogP contribution is -2.63. The number of carbonyl (C=O) groups is 2. The average Bonchev–Trinajstić information content (AvgIpc) is 3.75. The first kappa shape index (κ1) is 26.9. The van der Waals surface area contributed by atoms with Crippen LogP contribution in [0.2, 0.25) is 0 Å². The zero-order chi connectivity index (χ0) is 30.4. The van der Waals surface area contributed by atoms with E-state index in [0.29, 0.717) is 11.1 Å². The lowest BCUT2D eigenvalue weighted by atomic mass is 9.61. The molecule has 2 aliphatic rings. The number of benzene rings is 2. The van der Waals surface area contributed by atoms with Crippen LogP contribution in [-0.4, -0.2) is 47.0 Å². The second-order valence-corrected chi connectivity index (χ2v) is 13.3. The van der Waals surface area contributed by atoms with Crippen LogP contribution >= 0.6 is 11.3 Å². The molecule has 0 spiro atoms. The number of pyridine rings is 1. The Morgan fingerprint density at radius 3 is 2.23 bits per heavy atom. The van der Waals surface area contributed by atoms with Gasteiger partial charge < -0.3 is 5.11 Å². The van der Waals surface area contributed by atoms with Gasteiger partial charge in [-0.1, -0.05) is 50.2 Å². The molecule has 218 valence electrons. The van der Waals surface area contributed by atoms with Crippen molar-refractivity contribution in [1.82, 2.24) is 24.5 Å². The summed E-state index contributed by atoms with van der Waals surface area (Å²) in [6.45, 7) is 5.96. The fourth-order valence-corrected chi connectivity index (χ4v) is 7.57. The average molecular weight is 600 g/mol. The van der Waals surface area contributed by atoms with Crippen molar-refractivity contribution < 1.29 is 14.7 Å². The Morgan fingerprint density at radius 1 is 0.909 bits per heavy atom. The first-order valence-electron chi connectivity index (χ1n) is 14.7. The highest BCUT2D eigenvalue weighted by atomic mass is 32.1. The second kappa shape index (κ2) is 9.38. The molecule has 8 rings (SSSR count). The summed E-state index contributed by atoms with van der Waals surface area (Å²) in [4.78, 5) is 38.3. The number of carbonyl (C=O) groups excluding carboxylic acids is 2. The van der Waals surface area contributed by atoms with Crippen molar-refractivity contribution in [1.29, 1.82) is 0 Å². The molecule has 0 radical (unpaired) electrons. The maximum absolute atomic E-state index is 13.6. The van der Waals surface area contributed by atoms with Gasteiger partial charge in [0.25, 0.3) is 11.8 Å². The van der Waals surface area contributed by atoms with Crippen LogP contribution in [0, 0.1) is 0 Å². The first-order valence-corrected chi connectivity index (χ1v) is 15.6. The Kier molecular flexibility index (Phi) is 5.73. The molecule has 1 aliphatic heterocycles. The maximum Gasteiger partial charge on any atom is 0.262 e. The Hall–Kier alpha value is -4.73. The van der Waals surface area contributed by atoms with Gasteiger partial charge in [-0.3, -0.25) is 14.5 Å². The Morgan fingerprint density at radius 2 is 1.61 bits per heavy atom. The highest BCUT2D eigenvalue weighted by molar-refractivity contribution is 7.08. The molecule has 2 amide bonds. The van der Waals surface area contributed by atoms with Gasteiger partial charge in [-0.05, 0) is 59.0 Å².